The highest BCUT2D eigenvalue weighted by molar-refractivity contribution is 6.32. The second-order valence-corrected chi connectivity index (χ2v) is 4.26. The third kappa shape index (κ3) is 3.14. The summed E-state index contributed by atoms with van der Waals surface area (Å²) < 4.78 is 10.5. The van der Waals surface area contributed by atoms with E-state index in [1.165, 1.54) is 7.11 Å². The summed E-state index contributed by atoms with van der Waals surface area (Å²) in [6.45, 7) is 4.57. The number of hydrogen-bond donors (Lipinski definition) is 0. The van der Waals surface area contributed by atoms with E-state index in [1.54, 1.807) is 12.1 Å². The molecule has 0 heterocycles. The highest BCUT2D eigenvalue weighted by Crippen LogP contribution is 2.32. The van der Waals surface area contributed by atoms with Gasteiger partial charge in [-0.2, -0.15) is 0 Å². The predicted molar refractivity (Wildman–Crippen MR) is 63.7 cm³/mol. The quantitative estimate of drug-likeness (QED) is 0.744. The lowest BCUT2D eigenvalue weighted by molar-refractivity contribution is 0.111. The second-order valence-electron chi connectivity index (χ2n) is 3.85. The van der Waals surface area contributed by atoms with Crippen LogP contribution < -0.4 is 9.47 Å². The zero-order chi connectivity index (χ0) is 12.1. The van der Waals surface area contributed by atoms with Crippen LogP contribution in [0.5, 0.6) is 11.5 Å². The fraction of sp³-hybridized carbons (Fsp3) is 0.417. The van der Waals surface area contributed by atoms with Crippen LogP contribution >= 0.6 is 11.6 Å². The number of ether oxygens (including phenoxy) is 2. The number of halogens is 1. The van der Waals surface area contributed by atoms with E-state index in [4.69, 9.17) is 21.1 Å². The van der Waals surface area contributed by atoms with Gasteiger partial charge >= 0.3 is 0 Å². The Balaban J connectivity index is 3.01. The smallest absolute Gasteiger partial charge is 0.153 e. The van der Waals surface area contributed by atoms with Crippen LogP contribution in [0.25, 0.3) is 0 Å². The molecule has 0 radical (unpaired) electrons. The van der Waals surface area contributed by atoms with Crippen molar-refractivity contribution in [2.75, 3.05) is 13.7 Å². The van der Waals surface area contributed by atoms with Crippen LogP contribution in [0.2, 0.25) is 5.02 Å². The summed E-state index contributed by atoms with van der Waals surface area (Å²) in [6.07, 6.45) is 0.712. The van der Waals surface area contributed by atoms with Crippen LogP contribution in [-0.2, 0) is 0 Å². The maximum Gasteiger partial charge on any atom is 0.153 e. The molecule has 1 rings (SSSR count). The number of benzene rings is 1. The Hall–Kier alpha value is -1.22. The van der Waals surface area contributed by atoms with Gasteiger partial charge in [-0.25, -0.2) is 0 Å². The summed E-state index contributed by atoms with van der Waals surface area (Å²) in [5.74, 6) is 1.34. The maximum atomic E-state index is 10.9. The SMILES string of the molecule is COc1cc(Cl)c(OCC(C)C)c(C=O)c1. The van der Waals surface area contributed by atoms with E-state index in [0.29, 0.717) is 40.9 Å². The molecular weight excluding hydrogens is 228 g/mol. The molecule has 4 heteroatoms. The third-order valence-electron chi connectivity index (χ3n) is 1.97. The molecule has 0 spiro atoms. The summed E-state index contributed by atoms with van der Waals surface area (Å²) in [6, 6.07) is 3.23. The van der Waals surface area contributed by atoms with E-state index in [0.717, 1.165) is 0 Å². The van der Waals surface area contributed by atoms with E-state index >= 15 is 0 Å². The summed E-state index contributed by atoms with van der Waals surface area (Å²) in [5, 5.41) is 0.391. The Labute approximate surface area is 100 Å². The van der Waals surface area contributed by atoms with Crippen molar-refractivity contribution in [2.24, 2.45) is 5.92 Å². The lowest BCUT2D eigenvalue weighted by Gasteiger charge is -2.13. The molecule has 3 nitrogen and oxygen atoms in total. The minimum absolute atomic E-state index is 0.373. The topological polar surface area (TPSA) is 35.5 Å². The number of carbonyl (C=O) groups is 1. The molecule has 0 aliphatic heterocycles. The first-order chi connectivity index (χ1) is 7.58. The third-order valence-corrected chi connectivity index (χ3v) is 2.25. The summed E-state index contributed by atoms with van der Waals surface area (Å²) in [5.41, 5.74) is 0.407. The summed E-state index contributed by atoms with van der Waals surface area (Å²) in [4.78, 5) is 10.9. The van der Waals surface area contributed by atoms with Crippen LogP contribution in [0.15, 0.2) is 12.1 Å². The zero-order valence-electron chi connectivity index (χ0n) is 9.62. The van der Waals surface area contributed by atoms with Crippen molar-refractivity contribution in [3.05, 3.63) is 22.7 Å². The van der Waals surface area contributed by atoms with Crippen molar-refractivity contribution < 1.29 is 14.3 Å². The number of carbonyl (C=O) groups excluding carboxylic acids is 1. The van der Waals surface area contributed by atoms with Gasteiger partial charge < -0.3 is 9.47 Å². The predicted octanol–water partition coefficient (Wildman–Crippen LogP) is 3.20. The molecule has 0 saturated carbocycles. The van der Waals surface area contributed by atoms with E-state index < -0.39 is 0 Å². The van der Waals surface area contributed by atoms with Crippen molar-refractivity contribution in [1.82, 2.24) is 0 Å². The molecule has 0 atom stereocenters. The minimum Gasteiger partial charge on any atom is -0.497 e. The van der Waals surface area contributed by atoms with Gasteiger partial charge in [-0.3, -0.25) is 4.79 Å². The number of aldehydes is 1. The molecular formula is C12H15ClO3. The standard InChI is InChI=1S/C12H15ClO3/c1-8(2)7-16-12-9(6-14)4-10(15-3)5-11(12)13/h4-6,8H,7H2,1-3H3. The van der Waals surface area contributed by atoms with E-state index in [2.05, 4.69) is 0 Å². The Morgan fingerprint density at radius 3 is 2.62 bits per heavy atom. The van der Waals surface area contributed by atoms with Gasteiger partial charge in [0.05, 0.1) is 24.3 Å². The first-order valence-corrected chi connectivity index (χ1v) is 5.41. The highest BCUT2D eigenvalue weighted by atomic mass is 35.5. The minimum atomic E-state index is 0.373. The molecule has 0 amide bonds. The van der Waals surface area contributed by atoms with Gasteiger partial charge in [-0.05, 0) is 12.0 Å². The van der Waals surface area contributed by atoms with Crippen molar-refractivity contribution in [3.63, 3.8) is 0 Å². The molecule has 0 aliphatic carbocycles. The highest BCUT2D eigenvalue weighted by Gasteiger charge is 2.11. The van der Waals surface area contributed by atoms with Gasteiger partial charge in [0.1, 0.15) is 11.5 Å². The fourth-order valence-electron chi connectivity index (χ4n) is 1.20. The normalized spacial score (nSPS) is 10.3. The lowest BCUT2D eigenvalue weighted by Crippen LogP contribution is -2.06. The van der Waals surface area contributed by atoms with Crippen molar-refractivity contribution in [1.29, 1.82) is 0 Å². The molecule has 0 fully saturated rings. The van der Waals surface area contributed by atoms with Crippen LogP contribution in [-0.4, -0.2) is 20.0 Å². The number of hydrogen-bond acceptors (Lipinski definition) is 3. The first-order valence-electron chi connectivity index (χ1n) is 5.04. The van der Waals surface area contributed by atoms with Crippen LogP contribution in [0, 0.1) is 5.92 Å². The van der Waals surface area contributed by atoms with Gasteiger partial charge in [-0.1, -0.05) is 25.4 Å². The van der Waals surface area contributed by atoms with E-state index in [-0.39, 0.29) is 0 Å². The molecule has 0 saturated heterocycles. The molecule has 16 heavy (non-hydrogen) atoms. The molecule has 0 bridgehead atoms. The number of methoxy groups -OCH3 is 1. The Kier molecular flexibility index (Phi) is 4.62. The molecule has 0 N–H and O–H groups in total. The Morgan fingerprint density at radius 1 is 1.44 bits per heavy atom. The van der Waals surface area contributed by atoms with Crippen LogP contribution in [0.1, 0.15) is 24.2 Å². The average molecular weight is 243 g/mol. The lowest BCUT2D eigenvalue weighted by atomic mass is 10.2. The Bertz CT molecular complexity index is 375. The van der Waals surface area contributed by atoms with Gasteiger partial charge in [-0.15, -0.1) is 0 Å². The van der Waals surface area contributed by atoms with Gasteiger partial charge in [0.2, 0.25) is 0 Å². The first kappa shape index (κ1) is 12.8. The van der Waals surface area contributed by atoms with Crippen molar-refractivity contribution in [2.45, 2.75) is 13.8 Å². The summed E-state index contributed by atoms with van der Waals surface area (Å²) >= 11 is 6.01. The van der Waals surface area contributed by atoms with Crippen LogP contribution in [0.3, 0.4) is 0 Å². The molecule has 1 aromatic rings. The maximum absolute atomic E-state index is 10.9. The van der Waals surface area contributed by atoms with E-state index in [9.17, 15) is 4.79 Å². The second kappa shape index (κ2) is 5.75. The summed E-state index contributed by atoms with van der Waals surface area (Å²) in [7, 11) is 1.52. The largest absolute Gasteiger partial charge is 0.497 e. The molecule has 0 aliphatic rings. The zero-order valence-corrected chi connectivity index (χ0v) is 10.4. The molecule has 0 unspecified atom stereocenters. The van der Waals surface area contributed by atoms with E-state index in [1.807, 2.05) is 13.8 Å². The Morgan fingerprint density at radius 2 is 2.12 bits per heavy atom. The van der Waals surface area contributed by atoms with Crippen molar-refractivity contribution in [3.8, 4) is 11.5 Å². The molecule has 0 aromatic heterocycles. The van der Waals surface area contributed by atoms with Gasteiger partial charge in [0, 0.05) is 6.07 Å². The molecule has 1 aromatic carbocycles. The van der Waals surface area contributed by atoms with Crippen molar-refractivity contribution >= 4 is 17.9 Å². The number of rotatable bonds is 5. The molecule has 88 valence electrons. The average Bonchev–Trinajstić information content (AvgIpc) is 2.26. The van der Waals surface area contributed by atoms with Gasteiger partial charge in [0.15, 0.2) is 6.29 Å². The fourth-order valence-corrected chi connectivity index (χ4v) is 1.47. The van der Waals surface area contributed by atoms with Gasteiger partial charge in [0.25, 0.3) is 0 Å². The monoisotopic (exact) mass is 242 g/mol. The van der Waals surface area contributed by atoms with Crippen LogP contribution in [0.4, 0.5) is 0 Å².